The third-order valence-electron chi connectivity index (χ3n) is 3.80. The first-order chi connectivity index (χ1) is 5.70. The van der Waals surface area contributed by atoms with Gasteiger partial charge in [-0.15, -0.1) is 0 Å². The maximum Gasteiger partial charge on any atom is 0.0662 e. The Balaban J connectivity index is 2.00. The molecule has 0 spiro atoms. The van der Waals surface area contributed by atoms with Crippen molar-refractivity contribution in [3.63, 3.8) is 0 Å². The van der Waals surface area contributed by atoms with Crippen LogP contribution >= 0.6 is 0 Å². The topological polar surface area (TPSA) is 20.2 Å². The van der Waals surface area contributed by atoms with Crippen LogP contribution in [0.1, 0.15) is 13.3 Å². The predicted molar refractivity (Wildman–Crippen MR) is 47.5 cm³/mol. The third kappa shape index (κ3) is 0.680. The van der Waals surface area contributed by atoms with Crippen molar-refractivity contribution in [2.24, 2.45) is 23.7 Å². The summed E-state index contributed by atoms with van der Waals surface area (Å²) in [6.45, 7) is 2.00. The molecule has 1 nitrogen and oxygen atoms in total. The number of allylic oxidation sites excluding steroid dienone is 4. The molecule has 1 heteroatoms. The average molecular weight is 162 g/mol. The Morgan fingerprint density at radius 2 is 2.08 bits per heavy atom. The van der Waals surface area contributed by atoms with E-state index in [1.807, 2.05) is 6.92 Å². The Kier molecular flexibility index (Phi) is 1.06. The van der Waals surface area contributed by atoms with Crippen LogP contribution in [0, 0.1) is 23.7 Å². The van der Waals surface area contributed by atoms with E-state index in [0.29, 0.717) is 17.8 Å². The summed E-state index contributed by atoms with van der Waals surface area (Å²) in [5, 5.41) is 10.1. The van der Waals surface area contributed by atoms with Crippen LogP contribution in [0.4, 0.5) is 0 Å². The maximum absolute atomic E-state index is 10.1. The summed E-state index contributed by atoms with van der Waals surface area (Å²) in [6.07, 6.45) is 9.77. The zero-order valence-electron chi connectivity index (χ0n) is 7.27. The molecule has 0 unspecified atom stereocenters. The van der Waals surface area contributed by atoms with Crippen LogP contribution < -0.4 is 0 Å². The number of rotatable bonds is 0. The largest absolute Gasteiger partial charge is 0.390 e. The van der Waals surface area contributed by atoms with Crippen molar-refractivity contribution in [1.29, 1.82) is 0 Å². The van der Waals surface area contributed by atoms with Gasteiger partial charge in [0.2, 0.25) is 0 Å². The minimum Gasteiger partial charge on any atom is -0.390 e. The molecule has 2 saturated carbocycles. The molecule has 0 aromatic heterocycles. The summed E-state index contributed by atoms with van der Waals surface area (Å²) in [7, 11) is 0. The van der Waals surface area contributed by atoms with Gasteiger partial charge in [-0.1, -0.05) is 24.3 Å². The third-order valence-corrected chi connectivity index (χ3v) is 3.80. The van der Waals surface area contributed by atoms with E-state index >= 15 is 0 Å². The highest BCUT2D eigenvalue weighted by Crippen LogP contribution is 2.66. The molecule has 0 aliphatic heterocycles. The van der Waals surface area contributed by atoms with Crippen LogP contribution in [0.5, 0.6) is 0 Å². The zero-order chi connectivity index (χ0) is 8.34. The quantitative estimate of drug-likeness (QED) is 0.575. The lowest BCUT2D eigenvalue weighted by molar-refractivity contribution is 0.0362. The van der Waals surface area contributed by atoms with Crippen molar-refractivity contribution in [3.8, 4) is 0 Å². The standard InChI is InChI=1S/C11H14O/c1-11(12)6-7-4-2-3-5-8-9(7)10(8)11/h2-5,7-10,12H,6H2,1H3/t7-,8+,9-,10+,11-/m0/s1. The van der Waals surface area contributed by atoms with Crippen molar-refractivity contribution in [3.05, 3.63) is 24.3 Å². The van der Waals surface area contributed by atoms with Crippen LogP contribution in [0.2, 0.25) is 0 Å². The lowest BCUT2D eigenvalue weighted by atomic mass is 9.92. The van der Waals surface area contributed by atoms with Crippen molar-refractivity contribution < 1.29 is 5.11 Å². The summed E-state index contributed by atoms with van der Waals surface area (Å²) >= 11 is 0. The van der Waals surface area contributed by atoms with Crippen LogP contribution in [-0.4, -0.2) is 10.7 Å². The number of hydrogen-bond acceptors (Lipinski definition) is 1. The monoisotopic (exact) mass is 162 g/mol. The SMILES string of the molecule is C[C@]1(O)C[C@@H]2C=CC=C[C@@H]3[C@H]2[C@@H]31. The fourth-order valence-electron chi connectivity index (χ4n) is 3.33. The van der Waals surface area contributed by atoms with Crippen LogP contribution in [-0.2, 0) is 0 Å². The molecule has 0 amide bonds. The summed E-state index contributed by atoms with van der Waals surface area (Å²) in [5.74, 6) is 2.64. The first kappa shape index (κ1) is 6.90. The minimum atomic E-state index is -0.390. The smallest absolute Gasteiger partial charge is 0.0662 e. The summed E-state index contributed by atoms with van der Waals surface area (Å²) in [5.41, 5.74) is -0.390. The number of fused-ring (bicyclic) bond motifs is 1. The van der Waals surface area contributed by atoms with E-state index in [2.05, 4.69) is 24.3 Å². The van der Waals surface area contributed by atoms with E-state index in [1.54, 1.807) is 0 Å². The van der Waals surface area contributed by atoms with Gasteiger partial charge in [0.05, 0.1) is 5.60 Å². The van der Waals surface area contributed by atoms with Crippen molar-refractivity contribution in [2.45, 2.75) is 18.9 Å². The molecule has 12 heavy (non-hydrogen) atoms. The van der Waals surface area contributed by atoms with Gasteiger partial charge in [-0.3, -0.25) is 0 Å². The fourth-order valence-corrected chi connectivity index (χ4v) is 3.33. The number of hydrogen-bond donors (Lipinski definition) is 1. The van der Waals surface area contributed by atoms with Gasteiger partial charge in [-0.05, 0) is 37.0 Å². The molecule has 3 aliphatic carbocycles. The highest BCUT2D eigenvalue weighted by Gasteiger charge is 2.65. The minimum absolute atomic E-state index is 0.390. The first-order valence-electron chi connectivity index (χ1n) is 4.77. The van der Waals surface area contributed by atoms with E-state index in [0.717, 1.165) is 12.3 Å². The molecule has 64 valence electrons. The molecule has 0 saturated heterocycles. The van der Waals surface area contributed by atoms with Crippen LogP contribution in [0.25, 0.3) is 0 Å². The molecule has 0 aromatic rings. The molecular formula is C11H14O. The van der Waals surface area contributed by atoms with Gasteiger partial charge in [-0.2, -0.15) is 0 Å². The van der Waals surface area contributed by atoms with Gasteiger partial charge in [-0.25, -0.2) is 0 Å². The van der Waals surface area contributed by atoms with Crippen LogP contribution in [0.15, 0.2) is 24.3 Å². The van der Waals surface area contributed by atoms with Gasteiger partial charge in [0.1, 0.15) is 0 Å². The molecule has 0 heterocycles. The van der Waals surface area contributed by atoms with E-state index in [4.69, 9.17) is 0 Å². The number of aliphatic hydroxyl groups is 1. The van der Waals surface area contributed by atoms with E-state index in [9.17, 15) is 5.11 Å². The molecule has 5 atom stereocenters. The molecule has 2 fully saturated rings. The predicted octanol–water partition coefficient (Wildman–Crippen LogP) is 1.75. The molecular weight excluding hydrogens is 148 g/mol. The zero-order valence-corrected chi connectivity index (χ0v) is 7.27. The van der Waals surface area contributed by atoms with Crippen molar-refractivity contribution in [2.75, 3.05) is 0 Å². The Morgan fingerprint density at radius 3 is 2.92 bits per heavy atom. The van der Waals surface area contributed by atoms with E-state index in [-0.39, 0.29) is 5.60 Å². The lowest BCUT2D eigenvalue weighted by Gasteiger charge is -2.21. The maximum atomic E-state index is 10.1. The second-order valence-corrected chi connectivity index (χ2v) is 4.68. The van der Waals surface area contributed by atoms with Gasteiger partial charge >= 0.3 is 0 Å². The normalized spacial score (nSPS) is 59.8. The fraction of sp³-hybridized carbons (Fsp3) is 0.636. The van der Waals surface area contributed by atoms with Gasteiger partial charge < -0.3 is 5.11 Å². The second-order valence-electron chi connectivity index (χ2n) is 4.68. The Morgan fingerprint density at radius 1 is 1.33 bits per heavy atom. The molecule has 3 rings (SSSR count). The molecule has 0 radical (unpaired) electrons. The van der Waals surface area contributed by atoms with Gasteiger partial charge in [0.25, 0.3) is 0 Å². The molecule has 0 aromatic carbocycles. The second kappa shape index (κ2) is 1.85. The molecule has 0 bridgehead atoms. The molecule has 1 N–H and O–H groups in total. The van der Waals surface area contributed by atoms with Crippen molar-refractivity contribution >= 4 is 0 Å². The lowest BCUT2D eigenvalue weighted by Crippen LogP contribution is -2.26. The summed E-state index contributed by atoms with van der Waals surface area (Å²) in [4.78, 5) is 0. The van der Waals surface area contributed by atoms with E-state index < -0.39 is 0 Å². The highest BCUT2D eigenvalue weighted by atomic mass is 16.3. The average Bonchev–Trinajstić information content (AvgIpc) is 2.62. The van der Waals surface area contributed by atoms with Gasteiger partial charge in [0, 0.05) is 0 Å². The molecule has 3 aliphatic rings. The van der Waals surface area contributed by atoms with Crippen LogP contribution in [0.3, 0.4) is 0 Å². The first-order valence-corrected chi connectivity index (χ1v) is 4.77. The Labute approximate surface area is 72.8 Å². The van der Waals surface area contributed by atoms with Gasteiger partial charge in [0.15, 0.2) is 0 Å². The summed E-state index contributed by atoms with van der Waals surface area (Å²) in [6, 6.07) is 0. The Hall–Kier alpha value is -0.560. The summed E-state index contributed by atoms with van der Waals surface area (Å²) < 4.78 is 0. The van der Waals surface area contributed by atoms with Crippen molar-refractivity contribution in [1.82, 2.24) is 0 Å². The highest BCUT2D eigenvalue weighted by molar-refractivity contribution is 5.28. The Bertz CT molecular complexity index is 275. The van der Waals surface area contributed by atoms with E-state index in [1.165, 1.54) is 0 Å².